The zero-order valence-corrected chi connectivity index (χ0v) is 28.1. The Balaban J connectivity index is 1.42. The molecule has 1 aromatic carbocycles. The van der Waals surface area contributed by atoms with E-state index in [2.05, 4.69) is 54.5 Å². The van der Waals surface area contributed by atoms with Crippen LogP contribution in [0.15, 0.2) is 40.9 Å². The predicted octanol–water partition coefficient (Wildman–Crippen LogP) is 9.42. The van der Waals surface area contributed by atoms with E-state index < -0.39 is 16.7 Å². The quantitative estimate of drug-likeness (QED) is 0.323. The van der Waals surface area contributed by atoms with Gasteiger partial charge in [0.25, 0.3) is 0 Å². The summed E-state index contributed by atoms with van der Waals surface area (Å²) in [5, 5.41) is 11.0. The van der Waals surface area contributed by atoms with Crippen molar-refractivity contribution in [2.45, 2.75) is 113 Å². The fraction of sp³-hybridized carbons (Fsp3) is 0.711. The molecule has 0 radical (unpaired) electrons. The van der Waals surface area contributed by atoms with Crippen LogP contribution in [0.1, 0.15) is 112 Å². The predicted molar refractivity (Wildman–Crippen MR) is 170 cm³/mol. The molecule has 8 atom stereocenters. The Morgan fingerprint density at radius 1 is 0.953 bits per heavy atom. The lowest BCUT2D eigenvalue weighted by atomic mass is 9.33. The van der Waals surface area contributed by atoms with Crippen molar-refractivity contribution < 1.29 is 14.3 Å². The van der Waals surface area contributed by atoms with Crippen LogP contribution in [-0.4, -0.2) is 11.8 Å². The van der Waals surface area contributed by atoms with E-state index in [1.54, 1.807) is 0 Å². The Labute approximate surface area is 264 Å². The smallest absolute Gasteiger partial charge is 0.313 e. The molecule has 0 heterocycles. The average molecular weight is 604 g/mol. The molecule has 4 saturated carbocycles. The third-order valence-corrected chi connectivity index (χ3v) is 14.5. The molecule has 5 aliphatic rings. The molecule has 232 valence electrons. The lowest BCUT2D eigenvalue weighted by molar-refractivity contribution is -0.195. The van der Waals surface area contributed by atoms with Crippen molar-refractivity contribution in [3.63, 3.8) is 0 Å². The van der Waals surface area contributed by atoms with Crippen LogP contribution in [0.2, 0.25) is 0 Å². The van der Waals surface area contributed by atoms with Gasteiger partial charge in [-0.15, -0.1) is 0 Å². The number of halogens is 1. The number of Topliss-reactive ketones (excluding diaryl/α,β-unsaturated/α-hetero) is 1. The number of benzene rings is 1. The average Bonchev–Trinajstić information content (AvgIpc) is 2.95. The minimum absolute atomic E-state index is 0.0376. The first-order chi connectivity index (χ1) is 20.1. The third kappa shape index (κ3) is 4.26. The third-order valence-electron chi connectivity index (χ3n) is 14.2. The lowest BCUT2D eigenvalue weighted by Crippen LogP contribution is -2.66. The van der Waals surface area contributed by atoms with Gasteiger partial charge in [0.15, 0.2) is 5.78 Å². The monoisotopic (exact) mass is 603 g/mol. The summed E-state index contributed by atoms with van der Waals surface area (Å²) in [6, 6.07) is 12.4. The van der Waals surface area contributed by atoms with Crippen molar-refractivity contribution in [3.8, 4) is 6.07 Å². The summed E-state index contributed by atoms with van der Waals surface area (Å²) in [6.07, 6.45) is 7.92. The Morgan fingerprint density at radius 3 is 2.30 bits per heavy atom. The topological polar surface area (TPSA) is 67.2 Å². The number of carbonyl (C=O) groups is 2. The van der Waals surface area contributed by atoms with Crippen LogP contribution >= 0.6 is 11.6 Å². The van der Waals surface area contributed by atoms with E-state index in [0.29, 0.717) is 13.0 Å². The van der Waals surface area contributed by atoms with Gasteiger partial charge >= 0.3 is 5.97 Å². The van der Waals surface area contributed by atoms with Gasteiger partial charge in [-0.05, 0) is 108 Å². The molecule has 0 N–H and O–H groups in total. The van der Waals surface area contributed by atoms with E-state index in [9.17, 15) is 14.9 Å². The molecule has 4 unspecified atom stereocenters. The first-order valence-electron chi connectivity index (χ1n) is 16.6. The highest BCUT2D eigenvalue weighted by Crippen LogP contribution is 2.77. The largest absolute Gasteiger partial charge is 0.460 e. The summed E-state index contributed by atoms with van der Waals surface area (Å²) in [4.78, 5) is 27.7. The summed E-state index contributed by atoms with van der Waals surface area (Å²) in [5.41, 5.74) is 1.03. The van der Waals surface area contributed by atoms with Crippen LogP contribution in [0.25, 0.3) is 0 Å². The number of hydrogen-bond acceptors (Lipinski definition) is 4. The maximum atomic E-state index is 14.2. The van der Waals surface area contributed by atoms with Crippen LogP contribution in [0.4, 0.5) is 0 Å². The van der Waals surface area contributed by atoms with E-state index in [1.165, 1.54) is 5.57 Å². The highest BCUT2D eigenvalue weighted by Gasteiger charge is 2.71. The molecule has 0 saturated heterocycles. The molecule has 1 aromatic rings. The summed E-state index contributed by atoms with van der Waals surface area (Å²) in [7, 11) is 0. The Bertz CT molecular complexity index is 1410. The lowest BCUT2D eigenvalue weighted by Gasteiger charge is -2.71. The van der Waals surface area contributed by atoms with Crippen LogP contribution in [0.3, 0.4) is 0 Å². The second-order valence-electron chi connectivity index (χ2n) is 17.0. The second-order valence-corrected chi connectivity index (χ2v) is 17.5. The number of ketones is 1. The molecule has 0 spiro atoms. The van der Waals surface area contributed by atoms with Gasteiger partial charge in [-0.1, -0.05) is 90.4 Å². The zero-order chi connectivity index (χ0) is 31.2. The number of fused-ring (bicyclic) bond motifs is 7. The van der Waals surface area contributed by atoms with Gasteiger partial charge in [-0.25, -0.2) is 0 Å². The van der Waals surface area contributed by atoms with Crippen molar-refractivity contribution >= 4 is 23.4 Å². The molecule has 5 aliphatic carbocycles. The highest BCUT2D eigenvalue weighted by atomic mass is 35.5. The molecular weight excluding hydrogens is 554 g/mol. The van der Waals surface area contributed by atoms with Gasteiger partial charge in [-0.2, -0.15) is 5.26 Å². The maximum absolute atomic E-state index is 14.2. The number of rotatable bonds is 3. The molecule has 0 amide bonds. The minimum atomic E-state index is -0.562. The molecular formula is C38H50ClNO3. The Hall–Kier alpha value is -2.12. The van der Waals surface area contributed by atoms with Crippen LogP contribution in [0.5, 0.6) is 0 Å². The Kier molecular flexibility index (Phi) is 7.14. The molecule has 0 bridgehead atoms. The van der Waals surface area contributed by atoms with Crippen LogP contribution in [-0.2, 0) is 20.9 Å². The number of allylic oxidation sites excluding steroid dienone is 2. The summed E-state index contributed by atoms with van der Waals surface area (Å²) < 4.78 is 6.15. The fourth-order valence-electron chi connectivity index (χ4n) is 11.6. The Morgan fingerprint density at radius 2 is 1.63 bits per heavy atom. The number of carbonyl (C=O) groups excluding carboxylic acids is 2. The number of nitriles is 1. The van der Waals surface area contributed by atoms with Gasteiger partial charge in [0.2, 0.25) is 0 Å². The number of hydrogen-bond donors (Lipinski definition) is 0. The molecule has 4 fully saturated rings. The zero-order valence-electron chi connectivity index (χ0n) is 27.3. The van der Waals surface area contributed by atoms with E-state index in [-0.39, 0.29) is 51.2 Å². The van der Waals surface area contributed by atoms with Gasteiger partial charge < -0.3 is 4.74 Å². The number of esters is 1. The van der Waals surface area contributed by atoms with Gasteiger partial charge in [0.05, 0.1) is 11.5 Å². The van der Waals surface area contributed by atoms with E-state index >= 15 is 0 Å². The first kappa shape index (κ1) is 30.9. The molecule has 5 heteroatoms. The molecule has 4 nitrogen and oxygen atoms in total. The fourth-order valence-corrected chi connectivity index (χ4v) is 12.1. The summed E-state index contributed by atoms with van der Waals surface area (Å²) in [5.74, 6) is 0.0689. The molecule has 0 aliphatic heterocycles. The normalized spacial score (nSPS) is 42.9. The second kappa shape index (κ2) is 9.94. The van der Waals surface area contributed by atoms with Crippen molar-refractivity contribution in [2.24, 2.45) is 56.2 Å². The molecule has 6 rings (SSSR count). The summed E-state index contributed by atoms with van der Waals surface area (Å²) >= 11 is 7.57. The van der Waals surface area contributed by atoms with Crippen molar-refractivity contribution in [1.82, 2.24) is 0 Å². The van der Waals surface area contributed by atoms with Gasteiger partial charge in [0.1, 0.15) is 12.5 Å². The number of ether oxygens (including phenoxy) is 1. The van der Waals surface area contributed by atoms with Gasteiger partial charge in [0, 0.05) is 10.4 Å². The van der Waals surface area contributed by atoms with Crippen LogP contribution in [0, 0.1) is 67.5 Å². The standard InChI is InChI=1S/C38H50ClNO3/c1-33(2)15-17-38(32(42)43-23-24-11-9-8-10-12-24)18-16-37(7)30(26(38)21-33)27(39)19-29-35(5)20-25(22-40)31(41)34(3,4)28(35)13-14-36(29,37)6/h8-12,25-26,28-29H,13-21,23H2,1-7H3/t25?,26?,28?,29?,35-,36+,37+,38-/m0/s1. The van der Waals surface area contributed by atoms with Crippen molar-refractivity contribution in [1.29, 1.82) is 5.26 Å². The highest BCUT2D eigenvalue weighted by molar-refractivity contribution is 6.30. The minimum Gasteiger partial charge on any atom is -0.460 e. The van der Waals surface area contributed by atoms with Crippen molar-refractivity contribution in [2.75, 3.05) is 0 Å². The molecule has 0 aromatic heterocycles. The SMILES string of the molecule is CC1(C)CC[C@]2(C(=O)OCc3ccccc3)CC[C@]3(C)C(=C(Cl)CC4[C@@]5(C)CC(C#N)C(=O)C(C)(C)C5CC[C@]43C)C2C1. The van der Waals surface area contributed by atoms with E-state index in [4.69, 9.17) is 16.3 Å². The summed E-state index contributed by atoms with van der Waals surface area (Å²) in [6.45, 7) is 16.5. The number of nitrogens with zero attached hydrogens (tertiary/aromatic N) is 1. The maximum Gasteiger partial charge on any atom is 0.313 e. The van der Waals surface area contributed by atoms with Gasteiger partial charge in [-0.3, -0.25) is 9.59 Å². The van der Waals surface area contributed by atoms with Crippen molar-refractivity contribution in [3.05, 3.63) is 46.5 Å². The van der Waals surface area contributed by atoms with E-state index in [0.717, 1.165) is 62.0 Å². The van der Waals surface area contributed by atoms with E-state index in [1.807, 2.05) is 30.3 Å². The van der Waals surface area contributed by atoms with Crippen LogP contribution < -0.4 is 0 Å². The molecule has 43 heavy (non-hydrogen) atoms. The first-order valence-corrected chi connectivity index (χ1v) is 17.0.